The van der Waals surface area contributed by atoms with Crippen LogP contribution in [-0.2, 0) is 0 Å². The normalized spacial score (nSPS) is 11.8. The number of oxazole rings is 1. The zero-order valence-corrected chi connectivity index (χ0v) is 23.6. The van der Waals surface area contributed by atoms with Gasteiger partial charge < -0.3 is 4.42 Å². The highest BCUT2D eigenvalue weighted by Crippen LogP contribution is 2.44. The molecule has 0 saturated carbocycles. The lowest BCUT2D eigenvalue weighted by molar-refractivity contribution is 0.620. The van der Waals surface area contributed by atoms with Crippen molar-refractivity contribution in [2.24, 2.45) is 0 Å². The van der Waals surface area contributed by atoms with Gasteiger partial charge >= 0.3 is 0 Å². The summed E-state index contributed by atoms with van der Waals surface area (Å²) in [6, 6.07) is 49.4. The van der Waals surface area contributed by atoms with E-state index in [0.717, 1.165) is 27.8 Å². The van der Waals surface area contributed by atoms with Gasteiger partial charge in [0, 0.05) is 5.56 Å². The van der Waals surface area contributed by atoms with Gasteiger partial charge in [-0.25, -0.2) is 9.37 Å². The molecule has 0 atom stereocenters. The van der Waals surface area contributed by atoms with Crippen LogP contribution in [0, 0.1) is 5.82 Å². The summed E-state index contributed by atoms with van der Waals surface area (Å²) < 4.78 is 19.6. The topological polar surface area (TPSA) is 26.0 Å². The molecule has 8 aromatic carbocycles. The second kappa shape index (κ2) is 9.62. The van der Waals surface area contributed by atoms with Crippen LogP contribution in [0.25, 0.3) is 88.3 Å². The lowest BCUT2D eigenvalue weighted by Gasteiger charge is -2.18. The van der Waals surface area contributed by atoms with Crippen LogP contribution in [0.5, 0.6) is 0 Å². The third-order valence-electron chi connectivity index (χ3n) is 8.74. The number of nitrogens with zero attached hydrogens (tertiary/aromatic N) is 1. The molecule has 9 aromatic rings. The van der Waals surface area contributed by atoms with E-state index in [-0.39, 0.29) is 5.82 Å². The number of hydrogen-bond acceptors (Lipinski definition) is 2. The SMILES string of the molecule is Fc1ccc(-c2ccc3oc(-c4ccc(-c5cc(-c6ccccc6)c6ccc7cccc8ccc5c6c78)cc4)nc3c2)cc1. The Morgan fingerprint density at radius 3 is 1.77 bits per heavy atom. The Labute approximate surface area is 253 Å². The van der Waals surface area contributed by atoms with Crippen molar-refractivity contribution in [1.29, 1.82) is 0 Å². The van der Waals surface area contributed by atoms with Crippen LogP contribution in [0.4, 0.5) is 4.39 Å². The Kier molecular flexibility index (Phi) is 5.41. The van der Waals surface area contributed by atoms with Gasteiger partial charge in [-0.05, 0) is 108 Å². The van der Waals surface area contributed by atoms with E-state index in [1.54, 1.807) is 12.1 Å². The fourth-order valence-electron chi connectivity index (χ4n) is 6.59. The quantitative estimate of drug-likeness (QED) is 0.198. The van der Waals surface area contributed by atoms with Crippen LogP contribution in [0.2, 0.25) is 0 Å². The summed E-state index contributed by atoms with van der Waals surface area (Å²) >= 11 is 0. The van der Waals surface area contributed by atoms with Gasteiger partial charge in [0.1, 0.15) is 11.3 Å². The maximum atomic E-state index is 13.4. The Hall–Kier alpha value is -5.80. The summed E-state index contributed by atoms with van der Waals surface area (Å²) in [6.45, 7) is 0. The first kappa shape index (κ1) is 24.8. The van der Waals surface area contributed by atoms with Crippen molar-refractivity contribution in [3.8, 4) is 44.8 Å². The minimum Gasteiger partial charge on any atom is -0.436 e. The molecule has 0 radical (unpaired) electrons. The average Bonchev–Trinajstić information content (AvgIpc) is 3.51. The molecule has 44 heavy (non-hydrogen) atoms. The number of benzene rings is 8. The van der Waals surface area contributed by atoms with Crippen molar-refractivity contribution >= 4 is 43.4 Å². The standard InChI is InChI=1S/C41H24FNO/c42-32-18-13-25(14-19-32)31-17-22-38-37(23-31)43-41(44-38)30-11-9-27(10-12-30)36-24-35(26-5-2-1-3-6-26)33-20-15-28-7-4-8-29-16-21-34(36)40(33)39(28)29/h1-24H. The Morgan fingerprint density at radius 1 is 0.455 bits per heavy atom. The maximum Gasteiger partial charge on any atom is 0.227 e. The third kappa shape index (κ3) is 3.90. The first-order valence-electron chi connectivity index (χ1n) is 14.7. The van der Waals surface area contributed by atoms with Gasteiger partial charge in [-0.15, -0.1) is 0 Å². The van der Waals surface area contributed by atoms with Gasteiger partial charge in [0.2, 0.25) is 5.89 Å². The molecule has 3 heteroatoms. The molecule has 0 fully saturated rings. The zero-order chi connectivity index (χ0) is 29.2. The monoisotopic (exact) mass is 565 g/mol. The second-order valence-corrected chi connectivity index (χ2v) is 11.3. The fraction of sp³-hybridized carbons (Fsp3) is 0. The lowest BCUT2D eigenvalue weighted by Crippen LogP contribution is -1.91. The Balaban J connectivity index is 1.17. The Morgan fingerprint density at radius 2 is 1.07 bits per heavy atom. The van der Waals surface area contributed by atoms with E-state index < -0.39 is 0 Å². The number of halogens is 1. The molecule has 9 rings (SSSR count). The van der Waals surface area contributed by atoms with Crippen molar-refractivity contribution in [2.75, 3.05) is 0 Å². The number of hydrogen-bond donors (Lipinski definition) is 0. The highest BCUT2D eigenvalue weighted by atomic mass is 19.1. The van der Waals surface area contributed by atoms with Crippen LogP contribution in [-0.4, -0.2) is 4.98 Å². The maximum absolute atomic E-state index is 13.4. The van der Waals surface area contributed by atoms with Gasteiger partial charge in [0.15, 0.2) is 5.58 Å². The van der Waals surface area contributed by atoms with Crippen LogP contribution in [0.1, 0.15) is 0 Å². The zero-order valence-electron chi connectivity index (χ0n) is 23.6. The van der Waals surface area contributed by atoms with E-state index in [1.807, 2.05) is 18.2 Å². The minimum absolute atomic E-state index is 0.250. The molecule has 1 heterocycles. The number of aromatic nitrogens is 1. The van der Waals surface area contributed by atoms with Crippen molar-refractivity contribution < 1.29 is 8.81 Å². The van der Waals surface area contributed by atoms with Crippen LogP contribution >= 0.6 is 0 Å². The predicted molar refractivity (Wildman–Crippen MR) is 179 cm³/mol. The van der Waals surface area contributed by atoms with Gasteiger partial charge in [-0.2, -0.15) is 0 Å². The molecule has 0 saturated heterocycles. The summed E-state index contributed by atoms with van der Waals surface area (Å²) in [5.74, 6) is 0.323. The molecule has 206 valence electrons. The molecule has 0 spiro atoms. The summed E-state index contributed by atoms with van der Waals surface area (Å²) in [6.07, 6.45) is 0. The van der Waals surface area contributed by atoms with Gasteiger partial charge in [-0.1, -0.05) is 103 Å². The molecule has 0 N–H and O–H groups in total. The number of rotatable bonds is 4. The summed E-state index contributed by atoms with van der Waals surface area (Å²) in [7, 11) is 0. The Bertz CT molecular complexity index is 2460. The van der Waals surface area contributed by atoms with Gasteiger partial charge in [-0.3, -0.25) is 0 Å². The first-order chi connectivity index (χ1) is 21.7. The van der Waals surface area contributed by atoms with E-state index in [1.165, 1.54) is 61.1 Å². The van der Waals surface area contributed by atoms with Crippen molar-refractivity contribution in [3.05, 3.63) is 151 Å². The minimum atomic E-state index is -0.250. The number of fused-ring (bicyclic) bond motifs is 1. The smallest absolute Gasteiger partial charge is 0.227 e. The molecule has 0 amide bonds. The molecule has 2 nitrogen and oxygen atoms in total. The highest BCUT2D eigenvalue weighted by molar-refractivity contribution is 6.28. The molecule has 0 aliphatic rings. The van der Waals surface area contributed by atoms with E-state index in [0.29, 0.717) is 11.5 Å². The van der Waals surface area contributed by atoms with E-state index in [2.05, 4.69) is 103 Å². The molecule has 0 bridgehead atoms. The van der Waals surface area contributed by atoms with Crippen LogP contribution < -0.4 is 0 Å². The lowest BCUT2D eigenvalue weighted by atomic mass is 9.85. The van der Waals surface area contributed by atoms with Crippen molar-refractivity contribution in [2.45, 2.75) is 0 Å². The van der Waals surface area contributed by atoms with E-state index in [9.17, 15) is 4.39 Å². The van der Waals surface area contributed by atoms with Crippen molar-refractivity contribution in [3.63, 3.8) is 0 Å². The molecular weight excluding hydrogens is 541 g/mol. The summed E-state index contributed by atoms with van der Waals surface area (Å²) in [5.41, 5.74) is 9.07. The van der Waals surface area contributed by atoms with E-state index in [4.69, 9.17) is 9.40 Å². The third-order valence-corrected chi connectivity index (χ3v) is 8.74. The molecule has 1 aromatic heterocycles. The molecule has 0 unspecified atom stereocenters. The van der Waals surface area contributed by atoms with E-state index >= 15 is 0 Å². The summed E-state index contributed by atoms with van der Waals surface area (Å²) in [5, 5.41) is 7.63. The van der Waals surface area contributed by atoms with Gasteiger partial charge in [0.05, 0.1) is 0 Å². The molecule has 0 aliphatic heterocycles. The molecular formula is C41H24FNO. The first-order valence-corrected chi connectivity index (χ1v) is 14.7. The predicted octanol–water partition coefficient (Wildman–Crippen LogP) is 11.5. The van der Waals surface area contributed by atoms with Crippen LogP contribution in [0.15, 0.2) is 150 Å². The summed E-state index contributed by atoms with van der Waals surface area (Å²) in [4.78, 5) is 4.81. The van der Waals surface area contributed by atoms with Crippen LogP contribution in [0.3, 0.4) is 0 Å². The van der Waals surface area contributed by atoms with Gasteiger partial charge in [0.25, 0.3) is 0 Å². The highest BCUT2D eigenvalue weighted by Gasteiger charge is 2.17. The average molecular weight is 566 g/mol. The molecule has 0 aliphatic carbocycles. The fourth-order valence-corrected chi connectivity index (χ4v) is 6.59. The second-order valence-electron chi connectivity index (χ2n) is 11.3. The largest absolute Gasteiger partial charge is 0.436 e. The van der Waals surface area contributed by atoms with Crippen molar-refractivity contribution in [1.82, 2.24) is 4.98 Å².